The maximum absolute atomic E-state index is 6.06. The first-order valence-corrected chi connectivity index (χ1v) is 9.22. The molecule has 1 aromatic rings. The van der Waals surface area contributed by atoms with E-state index < -0.39 is 0 Å². The molecule has 1 fully saturated rings. The smallest absolute Gasteiger partial charge is 0.0510 e. The van der Waals surface area contributed by atoms with Gasteiger partial charge in [-0.15, -0.1) is 0 Å². The van der Waals surface area contributed by atoms with Crippen LogP contribution in [0.1, 0.15) is 51.5 Å². The Morgan fingerprint density at radius 3 is 2.76 bits per heavy atom. The summed E-state index contributed by atoms with van der Waals surface area (Å²) in [5.74, 6) is 0.913. The molecular weight excluding hydrogens is 324 g/mol. The fourth-order valence-corrected chi connectivity index (χ4v) is 3.87. The fourth-order valence-electron chi connectivity index (χ4n) is 3.20. The Morgan fingerprint density at radius 2 is 2.10 bits per heavy atom. The van der Waals surface area contributed by atoms with Crippen molar-refractivity contribution in [3.63, 3.8) is 0 Å². The summed E-state index contributed by atoms with van der Waals surface area (Å²) in [4.78, 5) is 2.54. The highest BCUT2D eigenvalue weighted by molar-refractivity contribution is 9.10. The molecule has 1 aliphatic rings. The first-order chi connectivity index (χ1) is 10.1. The minimum Gasteiger partial charge on any atom is -0.371 e. The Morgan fingerprint density at radius 1 is 1.29 bits per heavy atom. The van der Waals surface area contributed by atoms with E-state index in [4.69, 9.17) is 5.73 Å². The van der Waals surface area contributed by atoms with Gasteiger partial charge in [0.2, 0.25) is 0 Å². The minimum atomic E-state index is 0.270. The van der Waals surface area contributed by atoms with Gasteiger partial charge in [-0.1, -0.05) is 26.3 Å². The summed E-state index contributed by atoms with van der Waals surface area (Å²) < 4.78 is 1.22. The van der Waals surface area contributed by atoms with Gasteiger partial charge in [0.1, 0.15) is 0 Å². The van der Waals surface area contributed by atoms with E-state index in [-0.39, 0.29) is 6.04 Å². The van der Waals surface area contributed by atoms with E-state index >= 15 is 0 Å². The Balaban J connectivity index is 2.06. The normalized spacial score (nSPS) is 21.1. The van der Waals surface area contributed by atoms with Gasteiger partial charge >= 0.3 is 0 Å². The first-order valence-electron chi connectivity index (χ1n) is 8.43. The van der Waals surface area contributed by atoms with Crippen molar-refractivity contribution in [2.45, 2.75) is 58.4 Å². The van der Waals surface area contributed by atoms with Gasteiger partial charge < -0.3 is 10.6 Å². The topological polar surface area (TPSA) is 29.3 Å². The minimum absolute atomic E-state index is 0.270. The van der Waals surface area contributed by atoms with E-state index in [1.807, 2.05) is 0 Å². The predicted molar refractivity (Wildman–Crippen MR) is 96.0 cm³/mol. The SMILES string of the molecule is CCC(N)Cc1ccc(N2CCCC(CC)CC2)c(Br)c1. The van der Waals surface area contributed by atoms with Crippen molar-refractivity contribution in [2.75, 3.05) is 18.0 Å². The molecule has 1 aromatic carbocycles. The monoisotopic (exact) mass is 352 g/mol. The lowest BCUT2D eigenvalue weighted by atomic mass is 9.98. The van der Waals surface area contributed by atoms with Gasteiger partial charge in [-0.05, 0) is 71.6 Å². The van der Waals surface area contributed by atoms with Crippen LogP contribution in [0.5, 0.6) is 0 Å². The Labute approximate surface area is 138 Å². The van der Waals surface area contributed by atoms with Gasteiger partial charge in [-0.25, -0.2) is 0 Å². The van der Waals surface area contributed by atoms with Gasteiger partial charge in [0, 0.05) is 23.6 Å². The number of nitrogens with two attached hydrogens (primary N) is 1. The van der Waals surface area contributed by atoms with Crippen LogP contribution >= 0.6 is 15.9 Å². The third-order valence-electron chi connectivity index (χ3n) is 4.80. The number of rotatable bonds is 5. The van der Waals surface area contributed by atoms with Crippen LogP contribution < -0.4 is 10.6 Å². The van der Waals surface area contributed by atoms with Crippen molar-refractivity contribution in [2.24, 2.45) is 11.7 Å². The van der Waals surface area contributed by atoms with E-state index in [2.05, 4.69) is 52.9 Å². The van der Waals surface area contributed by atoms with Crippen LogP contribution in [0.2, 0.25) is 0 Å². The number of nitrogens with zero attached hydrogens (tertiary/aromatic N) is 1. The second-order valence-electron chi connectivity index (χ2n) is 6.35. The molecule has 2 rings (SSSR count). The van der Waals surface area contributed by atoms with E-state index in [1.165, 1.54) is 54.5 Å². The lowest BCUT2D eigenvalue weighted by molar-refractivity contribution is 0.459. The van der Waals surface area contributed by atoms with Crippen molar-refractivity contribution in [3.8, 4) is 0 Å². The van der Waals surface area contributed by atoms with E-state index in [0.29, 0.717) is 0 Å². The molecule has 2 atom stereocenters. The Kier molecular flexibility index (Phi) is 6.56. The number of hydrogen-bond donors (Lipinski definition) is 1. The molecule has 21 heavy (non-hydrogen) atoms. The molecule has 2 N–H and O–H groups in total. The summed E-state index contributed by atoms with van der Waals surface area (Å²) in [6.07, 6.45) is 7.34. The molecule has 2 unspecified atom stereocenters. The van der Waals surface area contributed by atoms with Crippen LogP contribution in [0.15, 0.2) is 22.7 Å². The summed E-state index contributed by atoms with van der Waals surface area (Å²) in [5, 5.41) is 0. The summed E-state index contributed by atoms with van der Waals surface area (Å²) in [5.41, 5.74) is 8.74. The molecule has 1 saturated heterocycles. The number of hydrogen-bond acceptors (Lipinski definition) is 2. The largest absolute Gasteiger partial charge is 0.371 e. The molecule has 0 bridgehead atoms. The molecule has 118 valence electrons. The second-order valence-corrected chi connectivity index (χ2v) is 7.20. The molecule has 0 spiro atoms. The van der Waals surface area contributed by atoms with Crippen LogP contribution in [0.25, 0.3) is 0 Å². The van der Waals surface area contributed by atoms with Crippen molar-refractivity contribution in [1.82, 2.24) is 0 Å². The highest BCUT2D eigenvalue weighted by Crippen LogP contribution is 2.31. The van der Waals surface area contributed by atoms with E-state index in [0.717, 1.165) is 18.8 Å². The van der Waals surface area contributed by atoms with Gasteiger partial charge in [0.25, 0.3) is 0 Å². The molecule has 1 aliphatic heterocycles. The highest BCUT2D eigenvalue weighted by atomic mass is 79.9. The lowest BCUT2D eigenvalue weighted by Crippen LogP contribution is -2.25. The van der Waals surface area contributed by atoms with Crippen LogP contribution in [0.3, 0.4) is 0 Å². The quantitative estimate of drug-likeness (QED) is 0.828. The predicted octanol–water partition coefficient (Wildman–Crippen LogP) is 4.75. The van der Waals surface area contributed by atoms with Crippen molar-refractivity contribution >= 4 is 21.6 Å². The zero-order chi connectivity index (χ0) is 15.2. The number of anilines is 1. The Bertz CT molecular complexity index is 447. The molecule has 0 saturated carbocycles. The highest BCUT2D eigenvalue weighted by Gasteiger charge is 2.17. The van der Waals surface area contributed by atoms with Crippen LogP contribution in [-0.2, 0) is 6.42 Å². The van der Waals surface area contributed by atoms with Gasteiger partial charge in [0.05, 0.1) is 5.69 Å². The van der Waals surface area contributed by atoms with Crippen LogP contribution in [-0.4, -0.2) is 19.1 Å². The van der Waals surface area contributed by atoms with Gasteiger partial charge in [0.15, 0.2) is 0 Å². The van der Waals surface area contributed by atoms with Crippen molar-refractivity contribution in [1.29, 1.82) is 0 Å². The molecule has 0 aromatic heterocycles. The molecule has 0 aliphatic carbocycles. The maximum Gasteiger partial charge on any atom is 0.0510 e. The van der Waals surface area contributed by atoms with Crippen LogP contribution in [0.4, 0.5) is 5.69 Å². The number of benzene rings is 1. The zero-order valence-corrected chi connectivity index (χ0v) is 15.0. The molecular formula is C18H29BrN2. The molecule has 2 nitrogen and oxygen atoms in total. The maximum atomic E-state index is 6.06. The third kappa shape index (κ3) is 4.72. The van der Waals surface area contributed by atoms with E-state index in [9.17, 15) is 0 Å². The van der Waals surface area contributed by atoms with Crippen molar-refractivity contribution < 1.29 is 0 Å². The Hall–Kier alpha value is -0.540. The molecule has 0 radical (unpaired) electrons. The summed E-state index contributed by atoms with van der Waals surface area (Å²) in [6.45, 7) is 6.84. The molecule has 1 heterocycles. The zero-order valence-electron chi connectivity index (χ0n) is 13.4. The van der Waals surface area contributed by atoms with Gasteiger partial charge in [-0.2, -0.15) is 0 Å². The summed E-state index contributed by atoms with van der Waals surface area (Å²) in [7, 11) is 0. The summed E-state index contributed by atoms with van der Waals surface area (Å²) in [6, 6.07) is 7.05. The first kappa shape index (κ1) is 16.8. The van der Waals surface area contributed by atoms with Crippen molar-refractivity contribution in [3.05, 3.63) is 28.2 Å². The molecule has 3 heteroatoms. The number of halogens is 1. The lowest BCUT2D eigenvalue weighted by Gasteiger charge is -2.25. The summed E-state index contributed by atoms with van der Waals surface area (Å²) >= 11 is 3.77. The van der Waals surface area contributed by atoms with Gasteiger partial charge in [-0.3, -0.25) is 0 Å². The average Bonchev–Trinajstić information content (AvgIpc) is 2.72. The van der Waals surface area contributed by atoms with Crippen LogP contribution in [0, 0.1) is 5.92 Å². The molecule has 0 amide bonds. The average molecular weight is 353 g/mol. The second kappa shape index (κ2) is 8.19. The standard InChI is InChI=1S/C18H29BrN2/c1-3-14-6-5-10-21(11-9-14)18-8-7-15(13-17(18)19)12-16(20)4-2/h7-8,13-14,16H,3-6,9-12,20H2,1-2H3. The third-order valence-corrected chi connectivity index (χ3v) is 5.44. The van der Waals surface area contributed by atoms with E-state index in [1.54, 1.807) is 0 Å². The fraction of sp³-hybridized carbons (Fsp3) is 0.667.